The lowest BCUT2D eigenvalue weighted by molar-refractivity contribution is -0.0788. The van der Waals surface area contributed by atoms with Crippen molar-refractivity contribution in [3.05, 3.63) is 71.8 Å². The highest BCUT2D eigenvalue weighted by Crippen LogP contribution is 2.42. The first-order valence-corrected chi connectivity index (χ1v) is 6.92. The molecule has 0 spiro atoms. The number of benzene rings is 2. The van der Waals surface area contributed by atoms with E-state index in [2.05, 4.69) is 24.3 Å². The summed E-state index contributed by atoms with van der Waals surface area (Å²) in [6, 6.07) is 20.1. The second-order valence-corrected chi connectivity index (χ2v) is 5.16. The molecule has 0 bridgehead atoms. The summed E-state index contributed by atoms with van der Waals surface area (Å²) >= 11 is 0. The van der Waals surface area contributed by atoms with Crippen LogP contribution in [0.2, 0.25) is 0 Å². The van der Waals surface area contributed by atoms with Crippen molar-refractivity contribution in [2.45, 2.75) is 31.5 Å². The number of hydrogen-bond acceptors (Lipinski definition) is 3. The van der Waals surface area contributed by atoms with Crippen molar-refractivity contribution < 1.29 is 9.47 Å². The molecule has 3 heteroatoms. The van der Waals surface area contributed by atoms with Gasteiger partial charge in [-0.25, -0.2) is 0 Å². The minimum Gasteiger partial charge on any atom is -0.340 e. The smallest absolute Gasteiger partial charge is 0.174 e. The molecular weight excluding hydrogens is 250 g/mol. The van der Waals surface area contributed by atoms with Gasteiger partial charge >= 0.3 is 0 Å². The molecule has 2 aromatic carbocycles. The van der Waals surface area contributed by atoms with E-state index in [1.54, 1.807) is 0 Å². The zero-order valence-corrected chi connectivity index (χ0v) is 11.5. The maximum atomic E-state index is 6.03. The second-order valence-electron chi connectivity index (χ2n) is 5.16. The summed E-state index contributed by atoms with van der Waals surface area (Å²) in [4.78, 5) is 0. The van der Waals surface area contributed by atoms with Crippen LogP contribution >= 0.6 is 0 Å². The fourth-order valence-electron chi connectivity index (χ4n) is 2.50. The molecule has 0 aromatic heterocycles. The van der Waals surface area contributed by atoms with Crippen LogP contribution in [0.3, 0.4) is 0 Å². The molecule has 2 aromatic rings. The van der Waals surface area contributed by atoms with E-state index in [4.69, 9.17) is 15.2 Å². The minimum atomic E-state index is -0.370. The normalized spacial score (nSPS) is 24.7. The monoisotopic (exact) mass is 269 g/mol. The average molecular weight is 269 g/mol. The largest absolute Gasteiger partial charge is 0.340 e. The quantitative estimate of drug-likeness (QED) is 0.930. The highest BCUT2D eigenvalue weighted by atomic mass is 16.7. The number of hydrogen-bond donors (Lipinski definition) is 1. The summed E-state index contributed by atoms with van der Waals surface area (Å²) in [6.07, 6.45) is -0.602. The van der Waals surface area contributed by atoms with E-state index in [0.717, 1.165) is 11.1 Å². The Balaban J connectivity index is 1.93. The van der Waals surface area contributed by atoms with Gasteiger partial charge in [0, 0.05) is 0 Å². The van der Waals surface area contributed by atoms with Crippen LogP contribution in [0.25, 0.3) is 0 Å². The van der Waals surface area contributed by atoms with Crippen molar-refractivity contribution in [1.29, 1.82) is 0 Å². The van der Waals surface area contributed by atoms with Crippen LogP contribution in [-0.4, -0.2) is 12.3 Å². The molecular formula is C17H19NO2. The van der Waals surface area contributed by atoms with Crippen molar-refractivity contribution in [2.24, 2.45) is 5.73 Å². The average Bonchev–Trinajstić information content (AvgIpc) is 2.94. The SMILES string of the molecule is C[C@@H](N)C1O[C@@H](c2ccccc2)[C@H](c2ccccc2)O1. The van der Waals surface area contributed by atoms with Crippen LogP contribution in [-0.2, 0) is 9.47 Å². The second kappa shape index (κ2) is 5.75. The Labute approximate surface area is 119 Å². The Morgan fingerprint density at radius 1 is 0.800 bits per heavy atom. The van der Waals surface area contributed by atoms with Crippen LogP contribution in [0.4, 0.5) is 0 Å². The first-order chi connectivity index (χ1) is 9.75. The summed E-state index contributed by atoms with van der Waals surface area (Å²) in [7, 11) is 0. The first-order valence-electron chi connectivity index (χ1n) is 6.92. The summed E-state index contributed by atoms with van der Waals surface area (Å²) in [6.45, 7) is 1.90. The van der Waals surface area contributed by atoms with Crippen molar-refractivity contribution >= 4 is 0 Å². The molecule has 3 rings (SSSR count). The van der Waals surface area contributed by atoms with Gasteiger partial charge < -0.3 is 15.2 Å². The predicted octanol–water partition coefficient (Wildman–Crippen LogP) is 3.19. The van der Waals surface area contributed by atoms with Gasteiger partial charge in [0.05, 0.1) is 6.04 Å². The van der Waals surface area contributed by atoms with Crippen LogP contribution in [0.1, 0.15) is 30.3 Å². The number of rotatable bonds is 3. The Kier molecular flexibility index (Phi) is 3.83. The van der Waals surface area contributed by atoms with Crippen molar-refractivity contribution in [1.82, 2.24) is 0 Å². The van der Waals surface area contributed by atoms with Crippen LogP contribution < -0.4 is 5.73 Å². The molecule has 1 saturated heterocycles. The van der Waals surface area contributed by atoms with Gasteiger partial charge in [0.2, 0.25) is 0 Å². The van der Waals surface area contributed by atoms with Gasteiger partial charge in [-0.2, -0.15) is 0 Å². The van der Waals surface area contributed by atoms with Gasteiger partial charge in [-0.1, -0.05) is 60.7 Å². The van der Waals surface area contributed by atoms with Gasteiger partial charge in [0.15, 0.2) is 6.29 Å². The van der Waals surface area contributed by atoms with E-state index >= 15 is 0 Å². The van der Waals surface area contributed by atoms with Crippen LogP contribution in [0.5, 0.6) is 0 Å². The fraction of sp³-hybridized carbons (Fsp3) is 0.294. The lowest BCUT2D eigenvalue weighted by Gasteiger charge is -2.17. The van der Waals surface area contributed by atoms with E-state index in [1.165, 1.54) is 0 Å². The van der Waals surface area contributed by atoms with Crippen molar-refractivity contribution in [3.8, 4) is 0 Å². The van der Waals surface area contributed by atoms with Gasteiger partial charge in [0.25, 0.3) is 0 Å². The van der Waals surface area contributed by atoms with E-state index in [-0.39, 0.29) is 24.5 Å². The zero-order valence-electron chi connectivity index (χ0n) is 11.5. The Hall–Kier alpha value is -1.68. The Bertz CT molecular complexity index is 494. The standard InChI is InChI=1S/C17H19NO2/c1-12(18)17-19-15(13-8-4-2-5-9-13)16(20-17)14-10-6-3-7-11-14/h2-12,15-17H,18H2,1H3/t12-,15+,16+/m1/s1. The number of nitrogens with two attached hydrogens (primary N) is 1. The highest BCUT2D eigenvalue weighted by molar-refractivity contribution is 5.26. The maximum absolute atomic E-state index is 6.03. The molecule has 0 amide bonds. The molecule has 0 saturated carbocycles. The van der Waals surface area contributed by atoms with Gasteiger partial charge in [-0.15, -0.1) is 0 Å². The number of ether oxygens (including phenoxy) is 2. The predicted molar refractivity (Wildman–Crippen MR) is 78.0 cm³/mol. The first kappa shape index (κ1) is 13.3. The van der Waals surface area contributed by atoms with E-state index in [9.17, 15) is 0 Å². The van der Waals surface area contributed by atoms with E-state index in [0.29, 0.717) is 0 Å². The van der Waals surface area contributed by atoms with Crippen LogP contribution in [0.15, 0.2) is 60.7 Å². The molecule has 3 atom stereocenters. The van der Waals surface area contributed by atoms with Crippen molar-refractivity contribution in [3.63, 3.8) is 0 Å². The lowest BCUT2D eigenvalue weighted by atomic mass is 9.99. The molecule has 1 aliphatic heterocycles. The summed E-state index contributed by atoms with van der Waals surface area (Å²) in [5.74, 6) is 0. The van der Waals surface area contributed by atoms with Gasteiger partial charge in [0.1, 0.15) is 12.2 Å². The molecule has 0 radical (unpaired) electrons. The zero-order chi connectivity index (χ0) is 13.9. The Morgan fingerprint density at radius 3 is 1.55 bits per heavy atom. The Morgan fingerprint density at radius 2 is 1.20 bits per heavy atom. The van der Waals surface area contributed by atoms with Gasteiger partial charge in [-0.3, -0.25) is 0 Å². The summed E-state index contributed by atoms with van der Waals surface area (Å²) in [5, 5.41) is 0. The molecule has 1 aliphatic rings. The highest BCUT2D eigenvalue weighted by Gasteiger charge is 2.39. The molecule has 3 nitrogen and oxygen atoms in total. The summed E-state index contributed by atoms with van der Waals surface area (Å²) < 4.78 is 12.1. The minimum absolute atomic E-state index is 0.116. The van der Waals surface area contributed by atoms with E-state index < -0.39 is 0 Å². The molecule has 0 unspecified atom stereocenters. The van der Waals surface area contributed by atoms with Gasteiger partial charge in [-0.05, 0) is 18.1 Å². The molecule has 104 valence electrons. The molecule has 2 N–H and O–H groups in total. The third kappa shape index (κ3) is 2.61. The summed E-state index contributed by atoms with van der Waals surface area (Å²) in [5.41, 5.74) is 8.16. The third-order valence-electron chi connectivity index (χ3n) is 3.52. The van der Waals surface area contributed by atoms with E-state index in [1.807, 2.05) is 43.3 Å². The topological polar surface area (TPSA) is 44.5 Å². The lowest BCUT2D eigenvalue weighted by Crippen LogP contribution is -2.32. The molecule has 20 heavy (non-hydrogen) atoms. The maximum Gasteiger partial charge on any atom is 0.174 e. The molecule has 1 fully saturated rings. The third-order valence-corrected chi connectivity index (χ3v) is 3.52. The van der Waals surface area contributed by atoms with Crippen molar-refractivity contribution in [2.75, 3.05) is 0 Å². The molecule has 1 heterocycles. The molecule has 0 aliphatic carbocycles. The van der Waals surface area contributed by atoms with Crippen LogP contribution in [0, 0.1) is 0 Å². The fourth-order valence-corrected chi connectivity index (χ4v) is 2.50.